The van der Waals surface area contributed by atoms with Gasteiger partial charge in [0.2, 0.25) is 0 Å². The zero-order valence-electron chi connectivity index (χ0n) is 10.0. The van der Waals surface area contributed by atoms with Crippen LogP contribution in [0.1, 0.15) is 40.0 Å². The van der Waals surface area contributed by atoms with Crippen LogP contribution in [0.15, 0.2) is 11.6 Å². The Morgan fingerprint density at radius 2 is 2.07 bits per heavy atom. The van der Waals surface area contributed by atoms with Gasteiger partial charge in [-0.1, -0.05) is 26.8 Å². The summed E-state index contributed by atoms with van der Waals surface area (Å²) < 4.78 is 0. The number of rotatable bonds is 0. The summed E-state index contributed by atoms with van der Waals surface area (Å²) >= 11 is 0. The number of allylic oxidation sites excluding steroid dienone is 1. The van der Waals surface area contributed by atoms with Gasteiger partial charge in [-0.15, -0.1) is 0 Å². The van der Waals surface area contributed by atoms with Crippen molar-refractivity contribution in [1.82, 2.24) is 0 Å². The van der Waals surface area contributed by atoms with E-state index in [0.717, 1.165) is 24.2 Å². The molecule has 0 aliphatic heterocycles. The van der Waals surface area contributed by atoms with Crippen molar-refractivity contribution < 1.29 is 5.11 Å². The summed E-state index contributed by atoms with van der Waals surface area (Å²) in [5.74, 6) is 3.25. The summed E-state index contributed by atoms with van der Waals surface area (Å²) in [5, 5.41) is 10.1. The third kappa shape index (κ3) is 1.19. The first-order valence-electron chi connectivity index (χ1n) is 6.41. The molecule has 84 valence electrons. The molecule has 1 N–H and O–H groups in total. The van der Waals surface area contributed by atoms with Crippen molar-refractivity contribution in [3.63, 3.8) is 0 Å². The predicted octanol–water partition coefficient (Wildman–Crippen LogP) is 3.00. The molecule has 1 heteroatoms. The highest BCUT2D eigenvalue weighted by atomic mass is 16.3. The molecular formula is C14H22O. The second-order valence-electron chi connectivity index (χ2n) is 6.49. The largest absolute Gasteiger partial charge is 0.389 e. The lowest BCUT2D eigenvalue weighted by Gasteiger charge is -2.37. The monoisotopic (exact) mass is 206 g/mol. The van der Waals surface area contributed by atoms with Gasteiger partial charge in [0.25, 0.3) is 0 Å². The lowest BCUT2D eigenvalue weighted by atomic mass is 9.69. The van der Waals surface area contributed by atoms with Gasteiger partial charge in [-0.05, 0) is 53.9 Å². The van der Waals surface area contributed by atoms with E-state index in [4.69, 9.17) is 0 Å². The number of aliphatic hydroxyl groups excluding tert-OH is 1. The van der Waals surface area contributed by atoms with Crippen LogP contribution in [-0.4, -0.2) is 11.2 Å². The minimum atomic E-state index is -0.122. The van der Waals surface area contributed by atoms with Gasteiger partial charge in [0.1, 0.15) is 0 Å². The first kappa shape index (κ1) is 9.89. The molecule has 0 aromatic rings. The average molecular weight is 206 g/mol. The molecule has 0 radical (unpaired) electrons. The van der Waals surface area contributed by atoms with Gasteiger partial charge in [-0.25, -0.2) is 0 Å². The third-order valence-electron chi connectivity index (χ3n) is 5.41. The normalized spacial score (nSPS) is 51.5. The summed E-state index contributed by atoms with van der Waals surface area (Å²) in [6.07, 6.45) is 5.65. The molecule has 0 spiro atoms. The van der Waals surface area contributed by atoms with E-state index in [1.165, 1.54) is 18.4 Å². The van der Waals surface area contributed by atoms with Crippen LogP contribution in [0.2, 0.25) is 0 Å². The minimum absolute atomic E-state index is 0.122. The smallest absolute Gasteiger partial charge is 0.0753 e. The van der Waals surface area contributed by atoms with Gasteiger partial charge in [0.15, 0.2) is 0 Å². The van der Waals surface area contributed by atoms with Crippen molar-refractivity contribution in [2.45, 2.75) is 46.1 Å². The Bertz CT molecular complexity index is 315. The van der Waals surface area contributed by atoms with Gasteiger partial charge in [-0.3, -0.25) is 0 Å². The van der Waals surface area contributed by atoms with E-state index in [9.17, 15) is 5.11 Å². The summed E-state index contributed by atoms with van der Waals surface area (Å²) in [4.78, 5) is 0. The Kier molecular flexibility index (Phi) is 1.90. The first-order chi connectivity index (χ1) is 7.03. The van der Waals surface area contributed by atoms with E-state index < -0.39 is 0 Å². The average Bonchev–Trinajstić information content (AvgIpc) is 2.76. The molecule has 3 aliphatic carbocycles. The summed E-state index contributed by atoms with van der Waals surface area (Å²) in [7, 11) is 0. The standard InChI is InChI=1S/C14H22O/c1-8-4-7-11(15)9-5-6-10-13(12(8)9)14(10,2)3/h5,8,10-13,15H,4,6-7H2,1-3H3/t8-,10+,11-,12-,13+/m1/s1. The van der Waals surface area contributed by atoms with E-state index in [1.807, 2.05) is 0 Å². The fraction of sp³-hybridized carbons (Fsp3) is 0.857. The summed E-state index contributed by atoms with van der Waals surface area (Å²) in [6.45, 7) is 7.20. The fourth-order valence-electron chi connectivity index (χ4n) is 4.36. The van der Waals surface area contributed by atoms with Crippen LogP contribution >= 0.6 is 0 Å². The van der Waals surface area contributed by atoms with Gasteiger partial charge in [0, 0.05) is 0 Å². The van der Waals surface area contributed by atoms with Crippen molar-refractivity contribution in [3.8, 4) is 0 Å². The van der Waals surface area contributed by atoms with Gasteiger partial charge >= 0.3 is 0 Å². The first-order valence-corrected chi connectivity index (χ1v) is 6.41. The molecule has 3 rings (SSSR count). The Labute approximate surface area is 92.6 Å². The number of hydrogen-bond donors (Lipinski definition) is 1. The van der Waals surface area contributed by atoms with Crippen LogP contribution < -0.4 is 0 Å². The maximum Gasteiger partial charge on any atom is 0.0753 e. The quantitative estimate of drug-likeness (QED) is 0.604. The lowest BCUT2D eigenvalue weighted by Crippen LogP contribution is -2.33. The van der Waals surface area contributed by atoms with Crippen LogP contribution in [0.25, 0.3) is 0 Å². The van der Waals surface area contributed by atoms with Crippen molar-refractivity contribution in [1.29, 1.82) is 0 Å². The SMILES string of the molecule is C[C@@H]1CC[C@@H](O)C2=CC[C@H]3[C@@H]([C@@H]21)C3(C)C. The zero-order valence-corrected chi connectivity index (χ0v) is 10.0. The Morgan fingerprint density at radius 3 is 2.80 bits per heavy atom. The van der Waals surface area contributed by atoms with Crippen LogP contribution in [0.4, 0.5) is 0 Å². The zero-order chi connectivity index (χ0) is 10.8. The van der Waals surface area contributed by atoms with Crippen LogP contribution in [0.5, 0.6) is 0 Å². The van der Waals surface area contributed by atoms with Crippen molar-refractivity contribution >= 4 is 0 Å². The van der Waals surface area contributed by atoms with E-state index in [1.54, 1.807) is 0 Å². The highest BCUT2D eigenvalue weighted by molar-refractivity contribution is 5.29. The highest BCUT2D eigenvalue weighted by Gasteiger charge is 2.63. The molecular weight excluding hydrogens is 184 g/mol. The molecule has 0 bridgehead atoms. The molecule has 3 aliphatic rings. The maximum absolute atomic E-state index is 10.1. The molecule has 0 amide bonds. The van der Waals surface area contributed by atoms with E-state index in [0.29, 0.717) is 11.3 Å². The molecule has 2 saturated carbocycles. The molecule has 5 atom stereocenters. The van der Waals surface area contributed by atoms with Crippen LogP contribution in [-0.2, 0) is 0 Å². The molecule has 1 nitrogen and oxygen atoms in total. The van der Waals surface area contributed by atoms with E-state index in [-0.39, 0.29) is 6.10 Å². The topological polar surface area (TPSA) is 20.2 Å². The second kappa shape index (κ2) is 2.88. The van der Waals surface area contributed by atoms with E-state index in [2.05, 4.69) is 26.8 Å². The maximum atomic E-state index is 10.1. The number of hydrogen-bond acceptors (Lipinski definition) is 1. The van der Waals surface area contributed by atoms with Gasteiger partial charge in [-0.2, -0.15) is 0 Å². The van der Waals surface area contributed by atoms with Crippen molar-refractivity contribution in [3.05, 3.63) is 11.6 Å². The van der Waals surface area contributed by atoms with Crippen LogP contribution in [0.3, 0.4) is 0 Å². The predicted molar refractivity (Wildman–Crippen MR) is 61.4 cm³/mol. The summed E-state index contributed by atoms with van der Waals surface area (Å²) in [6, 6.07) is 0. The molecule has 0 aromatic heterocycles. The van der Waals surface area contributed by atoms with Crippen LogP contribution in [0, 0.1) is 29.1 Å². The molecule has 15 heavy (non-hydrogen) atoms. The molecule has 0 unspecified atom stereocenters. The van der Waals surface area contributed by atoms with Gasteiger partial charge < -0.3 is 5.11 Å². The molecule has 2 fully saturated rings. The Morgan fingerprint density at radius 1 is 1.33 bits per heavy atom. The Hall–Kier alpha value is -0.300. The van der Waals surface area contributed by atoms with E-state index >= 15 is 0 Å². The fourth-order valence-corrected chi connectivity index (χ4v) is 4.36. The molecule has 0 aromatic carbocycles. The lowest BCUT2D eigenvalue weighted by molar-refractivity contribution is 0.117. The van der Waals surface area contributed by atoms with Gasteiger partial charge in [0.05, 0.1) is 6.10 Å². The second-order valence-corrected chi connectivity index (χ2v) is 6.49. The highest BCUT2D eigenvalue weighted by Crippen LogP contribution is 2.69. The summed E-state index contributed by atoms with van der Waals surface area (Å²) in [5.41, 5.74) is 1.93. The Balaban J connectivity index is 1.94. The minimum Gasteiger partial charge on any atom is -0.389 e. The molecule has 0 heterocycles. The van der Waals surface area contributed by atoms with Crippen molar-refractivity contribution in [2.24, 2.45) is 29.1 Å². The number of aliphatic hydroxyl groups is 1. The van der Waals surface area contributed by atoms with Crippen molar-refractivity contribution in [2.75, 3.05) is 0 Å². The molecule has 0 saturated heterocycles. The number of fused-ring (bicyclic) bond motifs is 3. The third-order valence-corrected chi connectivity index (χ3v) is 5.41.